The third kappa shape index (κ3) is 4.61. The van der Waals surface area contributed by atoms with Crippen molar-refractivity contribution >= 4 is 22.3 Å². The molecule has 162 valence electrons. The van der Waals surface area contributed by atoms with Gasteiger partial charge < -0.3 is 10.1 Å². The highest BCUT2D eigenvalue weighted by molar-refractivity contribution is 5.95. The van der Waals surface area contributed by atoms with Crippen LogP contribution in [0.25, 0.3) is 22.2 Å². The van der Waals surface area contributed by atoms with Crippen molar-refractivity contribution < 1.29 is 4.74 Å². The molecular formula is C28H29N3O. The summed E-state index contributed by atoms with van der Waals surface area (Å²) in [6.45, 7) is 3.43. The molecule has 4 aromatic rings. The van der Waals surface area contributed by atoms with Crippen molar-refractivity contribution in [1.82, 2.24) is 9.88 Å². The number of para-hydroxylation sites is 1. The second-order valence-electron chi connectivity index (χ2n) is 8.46. The van der Waals surface area contributed by atoms with Gasteiger partial charge in [-0.05, 0) is 80.0 Å². The number of nitrogens with one attached hydrogen (secondary N) is 1. The number of anilines is 2. The first kappa shape index (κ1) is 20.5. The van der Waals surface area contributed by atoms with Crippen molar-refractivity contribution in [3.63, 3.8) is 0 Å². The minimum atomic E-state index is 0.846. The number of hydrogen-bond acceptors (Lipinski definition) is 4. The maximum absolute atomic E-state index is 5.31. The highest BCUT2D eigenvalue weighted by Crippen LogP contribution is 2.31. The van der Waals surface area contributed by atoms with Crippen molar-refractivity contribution in [3.05, 3.63) is 84.4 Å². The molecule has 5 rings (SSSR count). The topological polar surface area (TPSA) is 37.4 Å². The predicted molar refractivity (Wildman–Crippen MR) is 133 cm³/mol. The zero-order valence-electron chi connectivity index (χ0n) is 18.6. The number of likely N-dealkylation sites (tertiary alicyclic amines) is 1. The number of pyridine rings is 1. The minimum absolute atomic E-state index is 0.846. The Balaban J connectivity index is 1.46. The van der Waals surface area contributed by atoms with Crippen LogP contribution in [0, 0.1) is 0 Å². The molecule has 3 aromatic carbocycles. The quantitative estimate of drug-likeness (QED) is 0.377. The maximum atomic E-state index is 5.31. The van der Waals surface area contributed by atoms with Crippen LogP contribution < -0.4 is 10.1 Å². The predicted octanol–water partition coefficient (Wildman–Crippen LogP) is 6.64. The van der Waals surface area contributed by atoms with Gasteiger partial charge in [0.25, 0.3) is 0 Å². The first-order chi connectivity index (χ1) is 15.8. The number of fused-ring (bicyclic) bond motifs is 1. The fourth-order valence-corrected chi connectivity index (χ4v) is 4.47. The van der Waals surface area contributed by atoms with Gasteiger partial charge in [-0.25, -0.2) is 4.98 Å². The lowest BCUT2D eigenvalue weighted by Crippen LogP contribution is -2.29. The van der Waals surface area contributed by atoms with E-state index >= 15 is 0 Å². The Morgan fingerprint density at radius 2 is 1.69 bits per heavy atom. The average molecular weight is 424 g/mol. The van der Waals surface area contributed by atoms with E-state index in [-0.39, 0.29) is 0 Å². The van der Waals surface area contributed by atoms with Crippen LogP contribution in [0.4, 0.5) is 11.4 Å². The summed E-state index contributed by atoms with van der Waals surface area (Å²) in [6, 6.07) is 27.3. The molecule has 1 saturated heterocycles. The molecule has 4 heteroatoms. The van der Waals surface area contributed by atoms with Crippen LogP contribution >= 0.6 is 0 Å². The second-order valence-corrected chi connectivity index (χ2v) is 8.46. The van der Waals surface area contributed by atoms with E-state index in [2.05, 4.69) is 70.9 Å². The molecule has 0 spiro atoms. The van der Waals surface area contributed by atoms with Crippen LogP contribution in [0.1, 0.15) is 24.8 Å². The Labute approximate surface area is 189 Å². The summed E-state index contributed by atoms with van der Waals surface area (Å²) in [5, 5.41) is 4.79. The van der Waals surface area contributed by atoms with E-state index in [1.165, 1.54) is 37.9 Å². The van der Waals surface area contributed by atoms with Crippen LogP contribution in [-0.4, -0.2) is 30.1 Å². The fourth-order valence-electron chi connectivity index (χ4n) is 4.47. The molecule has 1 aliphatic rings. The van der Waals surface area contributed by atoms with Gasteiger partial charge in [0.15, 0.2) is 0 Å². The van der Waals surface area contributed by atoms with Crippen molar-refractivity contribution in [2.45, 2.75) is 25.8 Å². The van der Waals surface area contributed by atoms with Crippen LogP contribution in [0.15, 0.2) is 78.9 Å². The Morgan fingerprint density at radius 1 is 0.875 bits per heavy atom. The molecular weight excluding hydrogens is 394 g/mol. The lowest BCUT2D eigenvalue weighted by atomic mass is 10.1. The molecule has 4 nitrogen and oxygen atoms in total. The molecule has 1 N–H and O–H groups in total. The smallest absolute Gasteiger partial charge is 0.118 e. The van der Waals surface area contributed by atoms with Gasteiger partial charge in [0.2, 0.25) is 0 Å². The SMILES string of the molecule is COc1ccc(-c2cc(Nc3cccc(CN4CCCCC4)c3)c3ccccc3n2)cc1. The lowest BCUT2D eigenvalue weighted by Gasteiger charge is -2.26. The van der Waals surface area contributed by atoms with Crippen molar-refractivity contribution in [2.75, 3.05) is 25.5 Å². The largest absolute Gasteiger partial charge is 0.497 e. The van der Waals surface area contributed by atoms with Crippen LogP contribution in [0.2, 0.25) is 0 Å². The molecule has 32 heavy (non-hydrogen) atoms. The summed E-state index contributed by atoms with van der Waals surface area (Å²) in [4.78, 5) is 7.47. The number of rotatable bonds is 6. The number of ether oxygens (including phenoxy) is 1. The molecule has 0 radical (unpaired) electrons. The van der Waals surface area contributed by atoms with Crippen molar-refractivity contribution in [3.8, 4) is 17.0 Å². The van der Waals surface area contributed by atoms with E-state index in [4.69, 9.17) is 9.72 Å². The van der Waals surface area contributed by atoms with Crippen molar-refractivity contribution in [1.29, 1.82) is 0 Å². The van der Waals surface area contributed by atoms with Gasteiger partial charge in [-0.15, -0.1) is 0 Å². The van der Waals surface area contributed by atoms with E-state index in [1.807, 2.05) is 18.2 Å². The van der Waals surface area contributed by atoms with Crippen LogP contribution in [0.3, 0.4) is 0 Å². The summed E-state index contributed by atoms with van der Waals surface area (Å²) < 4.78 is 5.31. The Bertz CT molecular complexity index is 1200. The third-order valence-electron chi connectivity index (χ3n) is 6.16. The molecule has 0 atom stereocenters. The van der Waals surface area contributed by atoms with E-state index in [9.17, 15) is 0 Å². The van der Waals surface area contributed by atoms with Gasteiger partial charge in [0.05, 0.1) is 24.0 Å². The molecule has 0 unspecified atom stereocenters. The molecule has 0 saturated carbocycles. The standard InChI is InChI=1S/C28H29N3O/c1-32-24-14-12-22(13-15-24)27-19-28(25-10-3-4-11-26(25)30-27)29-23-9-7-8-21(18-23)20-31-16-5-2-6-17-31/h3-4,7-15,18-19H,2,5-6,16-17,20H2,1H3,(H,29,30). The Kier molecular flexibility index (Phi) is 6.04. The summed E-state index contributed by atoms with van der Waals surface area (Å²) in [6.07, 6.45) is 3.99. The highest BCUT2D eigenvalue weighted by atomic mass is 16.5. The minimum Gasteiger partial charge on any atom is -0.497 e. The third-order valence-corrected chi connectivity index (χ3v) is 6.16. The number of hydrogen-bond donors (Lipinski definition) is 1. The zero-order valence-corrected chi connectivity index (χ0v) is 18.6. The summed E-state index contributed by atoms with van der Waals surface area (Å²) >= 11 is 0. The number of methoxy groups -OCH3 is 1. The molecule has 2 heterocycles. The van der Waals surface area contributed by atoms with Gasteiger partial charge in [-0.2, -0.15) is 0 Å². The first-order valence-electron chi connectivity index (χ1n) is 11.4. The Morgan fingerprint density at radius 3 is 2.50 bits per heavy atom. The second kappa shape index (κ2) is 9.41. The van der Waals surface area contributed by atoms with Gasteiger partial charge in [-0.1, -0.05) is 36.8 Å². The summed E-state index contributed by atoms with van der Waals surface area (Å²) in [5.74, 6) is 0.846. The van der Waals surface area contributed by atoms with E-state index in [1.54, 1.807) is 7.11 Å². The monoisotopic (exact) mass is 423 g/mol. The number of piperidine rings is 1. The Hall–Kier alpha value is -3.37. The van der Waals surface area contributed by atoms with Gasteiger partial charge in [0.1, 0.15) is 5.75 Å². The average Bonchev–Trinajstić information content (AvgIpc) is 2.85. The molecule has 0 amide bonds. The summed E-state index contributed by atoms with van der Waals surface area (Å²) in [5.41, 5.74) is 6.52. The lowest BCUT2D eigenvalue weighted by molar-refractivity contribution is 0.221. The number of benzene rings is 3. The molecule has 0 bridgehead atoms. The highest BCUT2D eigenvalue weighted by Gasteiger charge is 2.12. The number of nitrogens with zero attached hydrogens (tertiary/aromatic N) is 2. The van der Waals surface area contributed by atoms with Gasteiger partial charge in [0, 0.05) is 23.2 Å². The molecule has 1 aliphatic heterocycles. The number of aromatic nitrogens is 1. The zero-order chi connectivity index (χ0) is 21.8. The molecule has 1 aromatic heterocycles. The van der Waals surface area contributed by atoms with Crippen LogP contribution in [-0.2, 0) is 6.54 Å². The fraction of sp³-hybridized carbons (Fsp3) is 0.250. The molecule has 0 aliphatic carbocycles. The van der Waals surface area contributed by atoms with Crippen LogP contribution in [0.5, 0.6) is 5.75 Å². The van der Waals surface area contributed by atoms with Gasteiger partial charge in [-0.3, -0.25) is 4.90 Å². The summed E-state index contributed by atoms with van der Waals surface area (Å²) in [7, 11) is 1.69. The van der Waals surface area contributed by atoms with E-state index in [0.717, 1.165) is 45.8 Å². The maximum Gasteiger partial charge on any atom is 0.118 e. The molecule has 1 fully saturated rings. The van der Waals surface area contributed by atoms with E-state index in [0.29, 0.717) is 0 Å². The van der Waals surface area contributed by atoms with Crippen molar-refractivity contribution in [2.24, 2.45) is 0 Å². The normalized spacial score (nSPS) is 14.4. The van der Waals surface area contributed by atoms with E-state index < -0.39 is 0 Å². The first-order valence-corrected chi connectivity index (χ1v) is 11.4. The van der Waals surface area contributed by atoms with Gasteiger partial charge >= 0.3 is 0 Å².